The smallest absolute Gasteiger partial charge is 0.387 e. The van der Waals surface area contributed by atoms with Crippen molar-refractivity contribution in [1.82, 2.24) is 15.1 Å². The molecule has 0 aliphatic heterocycles. The van der Waals surface area contributed by atoms with Crippen LogP contribution >= 0.6 is 23.1 Å². The Hall–Kier alpha value is -2.14. The molecule has 0 radical (unpaired) electrons. The summed E-state index contributed by atoms with van der Waals surface area (Å²) in [6.07, 6.45) is 0. The lowest BCUT2D eigenvalue weighted by Crippen LogP contribution is -2.27. The molecule has 1 aromatic heterocycles. The average molecular weight is 418 g/mol. The zero-order valence-electron chi connectivity index (χ0n) is 15.1. The largest absolute Gasteiger partial charge is 0.493 e. The Labute approximate surface area is 164 Å². The first-order valence-electron chi connectivity index (χ1n) is 7.98. The quantitative estimate of drug-likeness (QED) is 0.593. The number of methoxy groups -OCH3 is 1. The number of hydrogen-bond acceptors (Lipinski definition) is 8. The molecule has 11 heteroatoms. The lowest BCUT2D eigenvalue weighted by molar-refractivity contribution is -0.127. The number of thioether (sulfide) groups is 1. The third-order valence-corrected chi connectivity index (χ3v) is 5.34. The van der Waals surface area contributed by atoms with E-state index in [2.05, 4.69) is 20.3 Å². The van der Waals surface area contributed by atoms with Gasteiger partial charge in [0, 0.05) is 20.1 Å². The van der Waals surface area contributed by atoms with Crippen molar-refractivity contribution >= 4 is 34.1 Å². The topological polar surface area (TPSA) is 76.6 Å². The second-order valence-corrected chi connectivity index (χ2v) is 7.51. The van der Waals surface area contributed by atoms with Crippen LogP contribution in [0.1, 0.15) is 12.5 Å². The highest BCUT2D eigenvalue weighted by Crippen LogP contribution is 2.30. The van der Waals surface area contributed by atoms with Gasteiger partial charge in [-0.15, -0.1) is 10.2 Å². The molecule has 148 valence electrons. The van der Waals surface area contributed by atoms with Gasteiger partial charge in [-0.25, -0.2) is 0 Å². The normalized spacial score (nSPS) is 10.7. The maximum atomic E-state index is 12.4. The predicted molar refractivity (Wildman–Crippen MR) is 101 cm³/mol. The summed E-state index contributed by atoms with van der Waals surface area (Å²) in [5.74, 6) is 0.273. The maximum absolute atomic E-state index is 12.4. The Balaban J connectivity index is 1.91. The fourth-order valence-corrected chi connectivity index (χ4v) is 3.85. The lowest BCUT2D eigenvalue weighted by atomic mass is 10.2. The van der Waals surface area contributed by atoms with E-state index in [1.165, 1.54) is 36.3 Å². The van der Waals surface area contributed by atoms with Crippen molar-refractivity contribution in [2.45, 2.75) is 24.4 Å². The number of ether oxygens (including phenoxy) is 2. The van der Waals surface area contributed by atoms with Crippen LogP contribution in [0.15, 0.2) is 22.5 Å². The van der Waals surface area contributed by atoms with E-state index in [1.54, 1.807) is 24.1 Å². The van der Waals surface area contributed by atoms with Gasteiger partial charge in [-0.1, -0.05) is 29.2 Å². The zero-order chi connectivity index (χ0) is 19.8. The van der Waals surface area contributed by atoms with E-state index in [9.17, 15) is 13.6 Å². The molecule has 0 aliphatic rings. The first-order valence-corrected chi connectivity index (χ1v) is 9.79. The minimum atomic E-state index is -2.93. The number of benzene rings is 1. The molecular weight excluding hydrogens is 398 g/mol. The standard InChI is InChI=1S/C16H20F2N4O3S2/c1-4-19-15-20-21-16(27-15)26-9-13(23)22(2)8-10-5-6-11(25-14(17)18)12(7-10)24-3/h5-7,14H,4,8-9H2,1-3H3,(H,19,20). The summed E-state index contributed by atoms with van der Waals surface area (Å²) in [5.41, 5.74) is 0.736. The Morgan fingerprint density at radius 3 is 2.81 bits per heavy atom. The number of anilines is 1. The van der Waals surface area contributed by atoms with Gasteiger partial charge in [0.25, 0.3) is 0 Å². The molecule has 0 saturated carbocycles. The summed E-state index contributed by atoms with van der Waals surface area (Å²) < 4.78 is 34.9. The van der Waals surface area contributed by atoms with Gasteiger partial charge in [-0.05, 0) is 24.6 Å². The molecule has 0 aliphatic carbocycles. The highest BCUT2D eigenvalue weighted by atomic mass is 32.2. The molecule has 1 heterocycles. The zero-order valence-corrected chi connectivity index (χ0v) is 16.7. The van der Waals surface area contributed by atoms with Crippen LogP contribution in [0.3, 0.4) is 0 Å². The molecule has 0 atom stereocenters. The molecule has 0 bridgehead atoms. The molecule has 7 nitrogen and oxygen atoms in total. The summed E-state index contributed by atoms with van der Waals surface area (Å²) >= 11 is 2.71. The van der Waals surface area contributed by atoms with Gasteiger partial charge in [-0.3, -0.25) is 4.79 Å². The number of carbonyl (C=O) groups excluding carboxylic acids is 1. The second-order valence-electron chi connectivity index (χ2n) is 5.31. The summed E-state index contributed by atoms with van der Waals surface area (Å²) in [4.78, 5) is 13.9. The number of nitrogens with zero attached hydrogens (tertiary/aromatic N) is 3. The van der Waals surface area contributed by atoms with Crippen LogP contribution in [0.4, 0.5) is 13.9 Å². The lowest BCUT2D eigenvalue weighted by Gasteiger charge is -2.18. The minimum absolute atomic E-state index is 0.0476. The molecule has 2 aromatic rings. The molecule has 1 N–H and O–H groups in total. The molecule has 0 spiro atoms. The summed E-state index contributed by atoms with van der Waals surface area (Å²) in [6.45, 7) is 0.0996. The van der Waals surface area contributed by atoms with Crippen molar-refractivity contribution in [2.75, 3.05) is 31.8 Å². The van der Waals surface area contributed by atoms with Crippen LogP contribution in [0.5, 0.6) is 11.5 Å². The van der Waals surface area contributed by atoms with Crippen LogP contribution in [-0.4, -0.2) is 54.1 Å². The number of halogens is 2. The van der Waals surface area contributed by atoms with Gasteiger partial charge < -0.3 is 19.7 Å². The third kappa shape index (κ3) is 6.51. The highest BCUT2D eigenvalue weighted by Gasteiger charge is 2.15. The van der Waals surface area contributed by atoms with Gasteiger partial charge in [0.15, 0.2) is 15.8 Å². The molecule has 1 aromatic carbocycles. The summed E-state index contributed by atoms with van der Waals surface area (Å²) in [5, 5.41) is 11.8. The van der Waals surface area contributed by atoms with Gasteiger partial charge in [0.1, 0.15) is 0 Å². The second kappa shape index (κ2) is 10.3. The van der Waals surface area contributed by atoms with Crippen molar-refractivity contribution in [2.24, 2.45) is 0 Å². The van der Waals surface area contributed by atoms with E-state index >= 15 is 0 Å². The molecule has 27 heavy (non-hydrogen) atoms. The first kappa shape index (κ1) is 21.2. The molecule has 1 amide bonds. The minimum Gasteiger partial charge on any atom is -0.493 e. The highest BCUT2D eigenvalue weighted by molar-refractivity contribution is 8.01. The molecule has 0 fully saturated rings. The number of nitrogens with one attached hydrogen (secondary N) is 1. The van der Waals surface area contributed by atoms with Crippen LogP contribution in [-0.2, 0) is 11.3 Å². The SMILES string of the molecule is CCNc1nnc(SCC(=O)N(C)Cc2ccc(OC(F)F)c(OC)c2)s1. The molecular formula is C16H20F2N4O3S2. The van der Waals surface area contributed by atoms with E-state index in [-0.39, 0.29) is 23.2 Å². The van der Waals surface area contributed by atoms with Gasteiger partial charge in [0.05, 0.1) is 12.9 Å². The van der Waals surface area contributed by atoms with Crippen LogP contribution in [0.25, 0.3) is 0 Å². The van der Waals surface area contributed by atoms with E-state index in [4.69, 9.17) is 4.74 Å². The number of alkyl halides is 2. The Morgan fingerprint density at radius 1 is 1.37 bits per heavy atom. The van der Waals surface area contributed by atoms with E-state index in [0.717, 1.165) is 17.2 Å². The van der Waals surface area contributed by atoms with Gasteiger partial charge in [0.2, 0.25) is 11.0 Å². The van der Waals surface area contributed by atoms with E-state index < -0.39 is 6.61 Å². The maximum Gasteiger partial charge on any atom is 0.387 e. The predicted octanol–water partition coefficient (Wildman–Crippen LogP) is 3.33. The number of carbonyl (C=O) groups is 1. The van der Waals surface area contributed by atoms with Crippen molar-refractivity contribution < 1.29 is 23.0 Å². The fourth-order valence-electron chi connectivity index (χ4n) is 2.09. The van der Waals surface area contributed by atoms with Crippen molar-refractivity contribution in [1.29, 1.82) is 0 Å². The molecule has 2 rings (SSSR count). The number of aromatic nitrogens is 2. The summed E-state index contributed by atoms with van der Waals surface area (Å²) in [6, 6.07) is 4.59. The third-order valence-electron chi connectivity index (χ3n) is 3.34. The van der Waals surface area contributed by atoms with Crippen LogP contribution in [0, 0.1) is 0 Å². The van der Waals surface area contributed by atoms with Gasteiger partial charge in [-0.2, -0.15) is 8.78 Å². The van der Waals surface area contributed by atoms with Crippen LogP contribution < -0.4 is 14.8 Å². The molecule has 0 saturated heterocycles. The van der Waals surface area contributed by atoms with Crippen molar-refractivity contribution in [3.63, 3.8) is 0 Å². The number of hydrogen-bond donors (Lipinski definition) is 1. The average Bonchev–Trinajstić information content (AvgIpc) is 3.08. The number of amides is 1. The van der Waals surface area contributed by atoms with E-state index in [0.29, 0.717) is 10.9 Å². The number of rotatable bonds is 10. The first-order chi connectivity index (χ1) is 12.9. The Morgan fingerprint density at radius 2 is 2.15 bits per heavy atom. The summed E-state index contributed by atoms with van der Waals surface area (Å²) in [7, 11) is 3.04. The van der Waals surface area contributed by atoms with Crippen LogP contribution in [0.2, 0.25) is 0 Å². The Kier molecular flexibility index (Phi) is 8.04. The van der Waals surface area contributed by atoms with Gasteiger partial charge >= 0.3 is 6.61 Å². The monoisotopic (exact) mass is 418 g/mol. The van der Waals surface area contributed by atoms with Crippen molar-refractivity contribution in [3.05, 3.63) is 23.8 Å². The van der Waals surface area contributed by atoms with Crippen molar-refractivity contribution in [3.8, 4) is 11.5 Å². The van der Waals surface area contributed by atoms with E-state index in [1.807, 2.05) is 6.92 Å². The fraction of sp³-hybridized carbons (Fsp3) is 0.438. The Bertz CT molecular complexity index is 761. The molecule has 0 unspecified atom stereocenters.